The standard InChI is InChI=1S/C11H14ClNO/c1-7-5-9(10(14)3-4-13)6-8(2)11(7)12/h5-6H,3-4,13H2,1-2H3. The van der Waals surface area contributed by atoms with E-state index in [1.807, 2.05) is 26.0 Å². The molecule has 0 radical (unpaired) electrons. The Morgan fingerprint density at radius 1 is 1.36 bits per heavy atom. The molecule has 0 atom stereocenters. The van der Waals surface area contributed by atoms with E-state index in [1.54, 1.807) is 0 Å². The number of carbonyl (C=O) groups excluding carboxylic acids is 1. The van der Waals surface area contributed by atoms with E-state index in [0.29, 0.717) is 18.5 Å². The van der Waals surface area contributed by atoms with Crippen molar-refractivity contribution >= 4 is 17.4 Å². The largest absolute Gasteiger partial charge is 0.330 e. The topological polar surface area (TPSA) is 43.1 Å². The molecule has 1 rings (SSSR count). The lowest BCUT2D eigenvalue weighted by Gasteiger charge is -2.06. The predicted octanol–water partition coefficient (Wildman–Crippen LogP) is 2.49. The van der Waals surface area contributed by atoms with Gasteiger partial charge in [0, 0.05) is 17.0 Å². The number of carbonyl (C=O) groups is 1. The minimum atomic E-state index is 0.0790. The van der Waals surface area contributed by atoms with Crippen molar-refractivity contribution in [2.75, 3.05) is 6.54 Å². The average molecular weight is 212 g/mol. The summed E-state index contributed by atoms with van der Waals surface area (Å²) in [6, 6.07) is 3.63. The molecule has 1 aromatic carbocycles. The number of hydrogen-bond acceptors (Lipinski definition) is 2. The molecule has 2 N–H and O–H groups in total. The normalized spacial score (nSPS) is 10.3. The van der Waals surface area contributed by atoms with E-state index in [9.17, 15) is 4.79 Å². The Morgan fingerprint density at radius 3 is 2.29 bits per heavy atom. The van der Waals surface area contributed by atoms with Gasteiger partial charge in [-0.3, -0.25) is 4.79 Å². The fourth-order valence-electron chi connectivity index (χ4n) is 1.38. The molecule has 0 aliphatic rings. The second-order valence-corrected chi connectivity index (χ2v) is 3.76. The molecule has 1 aromatic rings. The van der Waals surface area contributed by atoms with Gasteiger partial charge in [-0.05, 0) is 43.7 Å². The number of hydrogen-bond donors (Lipinski definition) is 1. The summed E-state index contributed by atoms with van der Waals surface area (Å²) in [5, 5.41) is 0.731. The van der Waals surface area contributed by atoms with Gasteiger partial charge < -0.3 is 5.73 Å². The SMILES string of the molecule is Cc1cc(C(=O)CCN)cc(C)c1Cl. The van der Waals surface area contributed by atoms with E-state index < -0.39 is 0 Å². The van der Waals surface area contributed by atoms with E-state index in [4.69, 9.17) is 17.3 Å². The van der Waals surface area contributed by atoms with Crippen molar-refractivity contribution in [2.45, 2.75) is 20.3 Å². The number of Topliss-reactive ketones (excluding diaryl/α,β-unsaturated/α-hetero) is 1. The van der Waals surface area contributed by atoms with E-state index in [-0.39, 0.29) is 5.78 Å². The number of rotatable bonds is 3. The average Bonchev–Trinajstić information content (AvgIpc) is 2.13. The van der Waals surface area contributed by atoms with Gasteiger partial charge in [0.1, 0.15) is 0 Å². The highest BCUT2D eigenvalue weighted by atomic mass is 35.5. The third-order valence-electron chi connectivity index (χ3n) is 2.13. The monoisotopic (exact) mass is 211 g/mol. The van der Waals surface area contributed by atoms with Crippen LogP contribution in [0.15, 0.2) is 12.1 Å². The van der Waals surface area contributed by atoms with Crippen molar-refractivity contribution in [1.82, 2.24) is 0 Å². The molecule has 14 heavy (non-hydrogen) atoms. The minimum Gasteiger partial charge on any atom is -0.330 e. The summed E-state index contributed by atoms with van der Waals surface area (Å²) in [6.07, 6.45) is 0.389. The van der Waals surface area contributed by atoms with Crippen LogP contribution in [0, 0.1) is 13.8 Å². The van der Waals surface area contributed by atoms with Gasteiger partial charge in [-0.15, -0.1) is 0 Å². The van der Waals surface area contributed by atoms with Gasteiger partial charge in [-0.1, -0.05) is 11.6 Å². The molecule has 0 saturated heterocycles. The molecule has 0 heterocycles. The fourth-order valence-corrected chi connectivity index (χ4v) is 1.49. The van der Waals surface area contributed by atoms with Crippen molar-refractivity contribution in [2.24, 2.45) is 5.73 Å². The van der Waals surface area contributed by atoms with Crippen molar-refractivity contribution in [3.63, 3.8) is 0 Å². The molecule has 0 saturated carbocycles. The molecule has 2 nitrogen and oxygen atoms in total. The Morgan fingerprint density at radius 2 is 1.86 bits per heavy atom. The first-order chi connectivity index (χ1) is 6.56. The lowest BCUT2D eigenvalue weighted by atomic mass is 10.0. The molecule has 0 amide bonds. The summed E-state index contributed by atoms with van der Waals surface area (Å²) in [5.41, 5.74) is 7.90. The molecule has 0 unspecified atom stereocenters. The second-order valence-electron chi connectivity index (χ2n) is 3.39. The first kappa shape index (κ1) is 11.2. The van der Waals surface area contributed by atoms with Gasteiger partial charge in [0.15, 0.2) is 5.78 Å². The maximum atomic E-state index is 11.5. The van der Waals surface area contributed by atoms with Gasteiger partial charge >= 0.3 is 0 Å². The molecule has 0 fully saturated rings. The molecule has 3 heteroatoms. The number of aryl methyl sites for hydroxylation is 2. The molecule has 0 aliphatic heterocycles. The van der Waals surface area contributed by atoms with Crippen LogP contribution < -0.4 is 5.73 Å². The number of halogens is 1. The van der Waals surface area contributed by atoms with Gasteiger partial charge in [-0.25, -0.2) is 0 Å². The van der Waals surface area contributed by atoms with Crippen LogP contribution in [0.5, 0.6) is 0 Å². The van der Waals surface area contributed by atoms with Crippen LogP contribution >= 0.6 is 11.6 Å². The zero-order valence-electron chi connectivity index (χ0n) is 8.43. The van der Waals surface area contributed by atoms with Crippen molar-refractivity contribution in [3.05, 3.63) is 33.8 Å². The van der Waals surface area contributed by atoms with Crippen LogP contribution in [-0.4, -0.2) is 12.3 Å². The highest BCUT2D eigenvalue weighted by Gasteiger charge is 2.08. The summed E-state index contributed by atoms with van der Waals surface area (Å²) >= 11 is 6.00. The molecule has 0 bridgehead atoms. The van der Waals surface area contributed by atoms with Gasteiger partial charge in [0.25, 0.3) is 0 Å². The quantitative estimate of drug-likeness (QED) is 0.781. The Labute approximate surface area is 89.1 Å². The zero-order valence-corrected chi connectivity index (χ0v) is 9.19. The molecular weight excluding hydrogens is 198 g/mol. The Hall–Kier alpha value is -0.860. The third-order valence-corrected chi connectivity index (χ3v) is 2.73. The number of nitrogens with two attached hydrogens (primary N) is 1. The van der Waals surface area contributed by atoms with Crippen molar-refractivity contribution in [1.29, 1.82) is 0 Å². The minimum absolute atomic E-state index is 0.0790. The Kier molecular flexibility index (Phi) is 3.67. The summed E-state index contributed by atoms with van der Waals surface area (Å²) in [7, 11) is 0. The maximum absolute atomic E-state index is 11.5. The van der Waals surface area contributed by atoms with E-state index in [2.05, 4.69) is 0 Å². The van der Waals surface area contributed by atoms with E-state index in [0.717, 1.165) is 16.1 Å². The lowest BCUT2D eigenvalue weighted by Crippen LogP contribution is -2.08. The molecule has 0 aliphatic carbocycles. The van der Waals surface area contributed by atoms with E-state index in [1.165, 1.54) is 0 Å². The van der Waals surface area contributed by atoms with Crippen LogP contribution in [0.3, 0.4) is 0 Å². The lowest BCUT2D eigenvalue weighted by molar-refractivity contribution is 0.0985. The van der Waals surface area contributed by atoms with Crippen LogP contribution in [0.4, 0.5) is 0 Å². The number of ketones is 1. The first-order valence-corrected chi connectivity index (χ1v) is 4.94. The Balaban J connectivity index is 3.06. The van der Waals surface area contributed by atoms with Crippen LogP contribution in [0.25, 0.3) is 0 Å². The summed E-state index contributed by atoms with van der Waals surface area (Å²) < 4.78 is 0. The van der Waals surface area contributed by atoms with Crippen LogP contribution in [-0.2, 0) is 0 Å². The number of benzene rings is 1. The predicted molar refractivity (Wildman–Crippen MR) is 58.9 cm³/mol. The smallest absolute Gasteiger partial charge is 0.164 e. The third kappa shape index (κ3) is 2.34. The molecule has 0 aromatic heterocycles. The van der Waals surface area contributed by atoms with Crippen molar-refractivity contribution < 1.29 is 4.79 Å². The summed E-state index contributed by atoms with van der Waals surface area (Å²) in [5.74, 6) is 0.0790. The van der Waals surface area contributed by atoms with Gasteiger partial charge in [-0.2, -0.15) is 0 Å². The van der Waals surface area contributed by atoms with Gasteiger partial charge in [0.05, 0.1) is 0 Å². The van der Waals surface area contributed by atoms with Crippen LogP contribution in [0.1, 0.15) is 27.9 Å². The maximum Gasteiger partial charge on any atom is 0.164 e. The second kappa shape index (κ2) is 4.58. The molecule has 76 valence electrons. The highest BCUT2D eigenvalue weighted by molar-refractivity contribution is 6.32. The zero-order chi connectivity index (χ0) is 10.7. The molecule has 0 spiro atoms. The molecular formula is C11H14ClNO. The first-order valence-electron chi connectivity index (χ1n) is 4.56. The van der Waals surface area contributed by atoms with Gasteiger partial charge in [0.2, 0.25) is 0 Å². The van der Waals surface area contributed by atoms with Crippen LogP contribution in [0.2, 0.25) is 5.02 Å². The van der Waals surface area contributed by atoms with Crippen molar-refractivity contribution in [3.8, 4) is 0 Å². The summed E-state index contributed by atoms with van der Waals surface area (Å²) in [4.78, 5) is 11.5. The summed E-state index contributed by atoms with van der Waals surface area (Å²) in [6.45, 7) is 4.18. The fraction of sp³-hybridized carbons (Fsp3) is 0.364. The highest BCUT2D eigenvalue weighted by Crippen LogP contribution is 2.22. The Bertz CT molecular complexity index is 337. The van der Waals surface area contributed by atoms with E-state index >= 15 is 0 Å².